The lowest BCUT2D eigenvalue weighted by Gasteiger charge is -2.34. The van der Waals surface area contributed by atoms with E-state index in [1.165, 1.54) is 15.9 Å². The number of nitrogens with zero attached hydrogens (tertiary/aromatic N) is 5. The van der Waals surface area contributed by atoms with Gasteiger partial charge in [0, 0.05) is 6.54 Å². The summed E-state index contributed by atoms with van der Waals surface area (Å²) in [5.41, 5.74) is 5.16. The van der Waals surface area contributed by atoms with Crippen molar-refractivity contribution in [3.05, 3.63) is 71.3 Å². The van der Waals surface area contributed by atoms with E-state index >= 15 is 0 Å². The zero-order valence-electron chi connectivity index (χ0n) is 17.4. The highest BCUT2D eigenvalue weighted by atomic mass is 16.2. The summed E-state index contributed by atoms with van der Waals surface area (Å²) in [4.78, 5) is 25.5. The van der Waals surface area contributed by atoms with E-state index < -0.39 is 5.54 Å². The second kappa shape index (κ2) is 6.79. The van der Waals surface area contributed by atoms with Gasteiger partial charge in [-0.05, 0) is 69.0 Å². The number of benzene rings is 2. The molecule has 5 rings (SSSR count). The average Bonchev–Trinajstić information content (AvgIpc) is 3.48. The summed E-state index contributed by atoms with van der Waals surface area (Å²) in [5.74, 6) is 0.804. The lowest BCUT2D eigenvalue weighted by molar-refractivity contribution is 0.0605. The summed E-state index contributed by atoms with van der Waals surface area (Å²) < 4.78 is 0. The number of aryl methyl sites for hydroxylation is 2. The van der Waals surface area contributed by atoms with Crippen LogP contribution >= 0.6 is 0 Å². The van der Waals surface area contributed by atoms with Crippen molar-refractivity contribution in [2.45, 2.75) is 39.2 Å². The molecule has 1 amide bonds. The fourth-order valence-electron chi connectivity index (χ4n) is 4.37. The molecule has 0 spiro atoms. The number of aromatic amines is 1. The third-order valence-corrected chi connectivity index (χ3v) is 6.26. The Bertz CT molecular complexity index is 1200. The van der Waals surface area contributed by atoms with Crippen molar-refractivity contribution in [2.75, 3.05) is 6.54 Å². The molecule has 0 bridgehead atoms. The molecule has 0 radical (unpaired) electrons. The molecule has 1 unspecified atom stereocenters. The van der Waals surface area contributed by atoms with Crippen LogP contribution in [0, 0.1) is 13.8 Å². The summed E-state index contributed by atoms with van der Waals surface area (Å²) in [5, 5.41) is 8.42. The first-order chi connectivity index (χ1) is 14.5. The van der Waals surface area contributed by atoms with Crippen LogP contribution in [0.15, 0.2) is 48.8 Å². The van der Waals surface area contributed by atoms with Crippen molar-refractivity contribution >= 4 is 16.9 Å². The van der Waals surface area contributed by atoms with E-state index in [-0.39, 0.29) is 5.91 Å². The van der Waals surface area contributed by atoms with Gasteiger partial charge in [-0.2, -0.15) is 15.0 Å². The van der Waals surface area contributed by atoms with Crippen LogP contribution in [0.2, 0.25) is 0 Å². The quantitative estimate of drug-likeness (QED) is 0.565. The first kappa shape index (κ1) is 18.5. The average molecular weight is 400 g/mol. The number of amides is 1. The minimum atomic E-state index is -0.497. The van der Waals surface area contributed by atoms with E-state index in [9.17, 15) is 4.79 Å². The maximum Gasteiger partial charge on any atom is 0.256 e. The number of aromatic nitrogens is 5. The molecule has 1 N–H and O–H groups in total. The van der Waals surface area contributed by atoms with E-state index in [2.05, 4.69) is 48.1 Å². The maximum atomic E-state index is 13.7. The molecule has 3 heterocycles. The first-order valence-corrected chi connectivity index (χ1v) is 10.2. The lowest BCUT2D eigenvalue weighted by Crippen LogP contribution is -2.44. The van der Waals surface area contributed by atoms with Gasteiger partial charge in [-0.1, -0.05) is 12.1 Å². The lowest BCUT2D eigenvalue weighted by atomic mass is 9.97. The van der Waals surface area contributed by atoms with Gasteiger partial charge < -0.3 is 9.88 Å². The molecule has 0 aliphatic carbocycles. The number of carbonyl (C=O) groups excluding carboxylic acids is 1. The molecule has 1 fully saturated rings. The minimum absolute atomic E-state index is 0.0317. The van der Waals surface area contributed by atoms with Crippen LogP contribution < -0.4 is 0 Å². The van der Waals surface area contributed by atoms with Crippen LogP contribution in [-0.2, 0) is 5.54 Å². The Morgan fingerprint density at radius 3 is 2.63 bits per heavy atom. The van der Waals surface area contributed by atoms with Gasteiger partial charge >= 0.3 is 0 Å². The van der Waals surface area contributed by atoms with Crippen molar-refractivity contribution in [1.29, 1.82) is 0 Å². The number of hydrogen-bond donors (Lipinski definition) is 1. The van der Waals surface area contributed by atoms with Gasteiger partial charge in [-0.15, -0.1) is 0 Å². The molecule has 2 aromatic heterocycles. The SMILES string of the molecule is Cc1cc2nc(C3(C)CCCN3C(=O)c3ccccc3-n3nccn3)[nH]c2cc1C. The number of imidazole rings is 1. The summed E-state index contributed by atoms with van der Waals surface area (Å²) in [7, 11) is 0. The fourth-order valence-corrected chi connectivity index (χ4v) is 4.37. The monoisotopic (exact) mass is 400 g/mol. The second-order valence-electron chi connectivity index (χ2n) is 8.21. The fraction of sp³-hybridized carbons (Fsp3) is 0.304. The Morgan fingerprint density at radius 2 is 1.83 bits per heavy atom. The number of likely N-dealkylation sites (tertiary alicyclic amines) is 1. The smallest absolute Gasteiger partial charge is 0.256 e. The molecule has 1 atom stereocenters. The van der Waals surface area contributed by atoms with Gasteiger partial charge in [0.05, 0.1) is 40.2 Å². The summed E-state index contributed by atoms with van der Waals surface area (Å²) in [6.07, 6.45) is 5.01. The maximum absolute atomic E-state index is 13.7. The van der Waals surface area contributed by atoms with Gasteiger partial charge in [0.2, 0.25) is 0 Å². The second-order valence-corrected chi connectivity index (χ2v) is 8.21. The van der Waals surface area contributed by atoms with Crippen molar-refractivity contribution < 1.29 is 4.79 Å². The molecular formula is C23H24N6O. The van der Waals surface area contributed by atoms with Gasteiger partial charge in [-0.25, -0.2) is 4.98 Å². The molecular weight excluding hydrogens is 376 g/mol. The van der Waals surface area contributed by atoms with Crippen LogP contribution in [0.25, 0.3) is 16.7 Å². The molecule has 0 saturated carbocycles. The van der Waals surface area contributed by atoms with E-state index in [1.807, 2.05) is 29.2 Å². The molecule has 2 aromatic carbocycles. The number of hydrogen-bond acceptors (Lipinski definition) is 4. The van der Waals surface area contributed by atoms with E-state index in [0.717, 1.165) is 29.7 Å². The Labute approximate surface area is 174 Å². The van der Waals surface area contributed by atoms with Crippen molar-refractivity contribution in [3.8, 4) is 5.69 Å². The molecule has 1 aliphatic heterocycles. The van der Waals surface area contributed by atoms with E-state index in [1.54, 1.807) is 12.4 Å². The Balaban J connectivity index is 1.56. The molecule has 30 heavy (non-hydrogen) atoms. The molecule has 152 valence electrons. The zero-order chi connectivity index (χ0) is 20.9. The van der Waals surface area contributed by atoms with Crippen molar-refractivity contribution in [2.24, 2.45) is 0 Å². The Morgan fingerprint density at radius 1 is 1.10 bits per heavy atom. The van der Waals surface area contributed by atoms with Crippen LogP contribution in [0.4, 0.5) is 0 Å². The van der Waals surface area contributed by atoms with Crippen LogP contribution in [0.3, 0.4) is 0 Å². The molecule has 1 saturated heterocycles. The molecule has 7 nitrogen and oxygen atoms in total. The molecule has 4 aromatic rings. The first-order valence-electron chi connectivity index (χ1n) is 10.2. The predicted molar refractivity (Wildman–Crippen MR) is 115 cm³/mol. The van der Waals surface area contributed by atoms with E-state index in [0.29, 0.717) is 17.8 Å². The highest BCUT2D eigenvalue weighted by Crippen LogP contribution is 2.39. The summed E-state index contributed by atoms with van der Waals surface area (Å²) >= 11 is 0. The third kappa shape index (κ3) is 2.81. The van der Waals surface area contributed by atoms with E-state index in [4.69, 9.17) is 4.98 Å². The summed E-state index contributed by atoms with van der Waals surface area (Å²) in [6.45, 7) is 6.98. The highest BCUT2D eigenvalue weighted by molar-refractivity contribution is 5.98. The van der Waals surface area contributed by atoms with Gasteiger partial charge in [-0.3, -0.25) is 4.79 Å². The van der Waals surface area contributed by atoms with Crippen molar-refractivity contribution in [1.82, 2.24) is 29.9 Å². The zero-order valence-corrected chi connectivity index (χ0v) is 17.4. The molecule has 7 heteroatoms. The van der Waals surface area contributed by atoms with Crippen LogP contribution in [0.5, 0.6) is 0 Å². The van der Waals surface area contributed by atoms with Crippen LogP contribution in [0.1, 0.15) is 47.1 Å². The molecule has 1 aliphatic rings. The van der Waals surface area contributed by atoms with Crippen LogP contribution in [-0.4, -0.2) is 42.3 Å². The topological polar surface area (TPSA) is 79.7 Å². The number of H-pyrrole nitrogens is 1. The summed E-state index contributed by atoms with van der Waals surface area (Å²) in [6, 6.07) is 11.7. The Kier molecular flexibility index (Phi) is 4.20. The highest BCUT2D eigenvalue weighted by Gasteiger charge is 2.44. The number of nitrogens with one attached hydrogen (secondary N) is 1. The largest absolute Gasteiger partial charge is 0.340 e. The third-order valence-electron chi connectivity index (χ3n) is 6.26. The number of para-hydroxylation sites is 1. The number of carbonyl (C=O) groups is 1. The number of fused-ring (bicyclic) bond motifs is 1. The normalized spacial score (nSPS) is 19.0. The standard InChI is InChI=1S/C23H24N6O/c1-15-13-18-19(14-16(15)2)27-22(26-18)23(3)9-6-12-28(23)21(30)17-7-4-5-8-20(17)29-24-10-11-25-29/h4-5,7-8,10-11,13-14H,6,9,12H2,1-3H3,(H,26,27). The predicted octanol–water partition coefficient (Wildman–Crippen LogP) is 3.91. The van der Waals surface area contributed by atoms with Gasteiger partial charge in [0.1, 0.15) is 5.82 Å². The number of rotatable bonds is 3. The van der Waals surface area contributed by atoms with Crippen molar-refractivity contribution in [3.63, 3.8) is 0 Å². The Hall–Kier alpha value is -3.48. The minimum Gasteiger partial charge on any atom is -0.340 e. The van der Waals surface area contributed by atoms with Gasteiger partial charge in [0.15, 0.2) is 0 Å². The van der Waals surface area contributed by atoms with Gasteiger partial charge in [0.25, 0.3) is 5.91 Å².